The highest BCUT2D eigenvalue weighted by atomic mass is 16.5. The molecule has 0 aliphatic carbocycles. The number of esters is 1. The van der Waals surface area contributed by atoms with E-state index < -0.39 is 24.0 Å². The Morgan fingerprint density at radius 3 is 2.46 bits per heavy atom. The van der Waals surface area contributed by atoms with Gasteiger partial charge in [0, 0.05) is 11.1 Å². The highest BCUT2D eigenvalue weighted by molar-refractivity contribution is 6.03. The second kappa shape index (κ2) is 7.60. The van der Waals surface area contributed by atoms with Gasteiger partial charge in [-0.05, 0) is 30.2 Å². The zero-order valence-corrected chi connectivity index (χ0v) is 14.1. The van der Waals surface area contributed by atoms with Gasteiger partial charge in [-0.2, -0.15) is 5.10 Å². The molecule has 7 nitrogen and oxygen atoms in total. The van der Waals surface area contributed by atoms with Crippen LogP contribution in [0.5, 0.6) is 0 Å². The van der Waals surface area contributed by atoms with Gasteiger partial charge in [0.25, 0.3) is 11.5 Å². The van der Waals surface area contributed by atoms with Crippen molar-refractivity contribution < 1.29 is 14.3 Å². The number of aromatic amines is 1. The van der Waals surface area contributed by atoms with Crippen LogP contribution in [0.25, 0.3) is 10.8 Å². The zero-order chi connectivity index (χ0) is 18.5. The molecule has 0 saturated heterocycles. The molecule has 0 radical (unpaired) electrons. The normalized spacial score (nSPS) is 10.5. The van der Waals surface area contributed by atoms with Crippen molar-refractivity contribution in [1.29, 1.82) is 0 Å². The summed E-state index contributed by atoms with van der Waals surface area (Å²) in [6, 6.07) is 14.0. The maximum Gasteiger partial charge on any atom is 0.359 e. The van der Waals surface area contributed by atoms with Crippen LogP contribution in [0, 0.1) is 0 Å². The Bertz CT molecular complexity index is 1010. The number of aryl methyl sites for hydroxylation is 1. The van der Waals surface area contributed by atoms with Crippen molar-refractivity contribution >= 4 is 28.3 Å². The largest absolute Gasteiger partial charge is 0.451 e. The first-order valence-electron chi connectivity index (χ1n) is 8.12. The molecule has 26 heavy (non-hydrogen) atoms. The third-order valence-corrected chi connectivity index (χ3v) is 3.87. The molecule has 0 aliphatic heterocycles. The molecule has 2 N–H and O–H groups in total. The smallest absolute Gasteiger partial charge is 0.359 e. The van der Waals surface area contributed by atoms with Crippen molar-refractivity contribution in [2.45, 2.75) is 13.3 Å². The third-order valence-electron chi connectivity index (χ3n) is 3.87. The van der Waals surface area contributed by atoms with Crippen molar-refractivity contribution in [3.63, 3.8) is 0 Å². The van der Waals surface area contributed by atoms with E-state index in [0.717, 1.165) is 12.0 Å². The van der Waals surface area contributed by atoms with Gasteiger partial charge in [-0.3, -0.25) is 9.59 Å². The first-order valence-corrected chi connectivity index (χ1v) is 8.12. The maximum absolute atomic E-state index is 12.2. The lowest BCUT2D eigenvalue weighted by Crippen LogP contribution is -2.22. The molecule has 1 heterocycles. The number of ether oxygens (including phenoxy) is 1. The molecule has 2 aromatic carbocycles. The number of rotatable bonds is 5. The molecule has 0 fully saturated rings. The molecule has 0 saturated carbocycles. The van der Waals surface area contributed by atoms with Crippen LogP contribution in [0.3, 0.4) is 0 Å². The van der Waals surface area contributed by atoms with Gasteiger partial charge >= 0.3 is 5.97 Å². The van der Waals surface area contributed by atoms with Crippen LogP contribution in [0.1, 0.15) is 23.0 Å². The fraction of sp³-hybridized carbons (Fsp3) is 0.158. The fourth-order valence-corrected chi connectivity index (χ4v) is 2.49. The number of amides is 1. The highest BCUT2D eigenvalue weighted by Crippen LogP contribution is 2.13. The number of hydrogen-bond acceptors (Lipinski definition) is 5. The van der Waals surface area contributed by atoms with Gasteiger partial charge in [0.15, 0.2) is 12.3 Å². The van der Waals surface area contributed by atoms with Gasteiger partial charge < -0.3 is 10.1 Å². The number of anilines is 1. The fourth-order valence-electron chi connectivity index (χ4n) is 2.49. The summed E-state index contributed by atoms with van der Waals surface area (Å²) in [6.45, 7) is 1.59. The van der Waals surface area contributed by atoms with E-state index in [2.05, 4.69) is 15.5 Å². The number of nitrogens with one attached hydrogen (secondary N) is 2. The Hall–Kier alpha value is -3.48. The summed E-state index contributed by atoms with van der Waals surface area (Å²) >= 11 is 0. The van der Waals surface area contributed by atoms with E-state index in [-0.39, 0.29) is 5.69 Å². The van der Waals surface area contributed by atoms with Crippen LogP contribution < -0.4 is 10.9 Å². The summed E-state index contributed by atoms with van der Waals surface area (Å²) in [4.78, 5) is 35.9. The van der Waals surface area contributed by atoms with E-state index in [1.807, 2.05) is 19.1 Å². The summed E-state index contributed by atoms with van der Waals surface area (Å²) in [5, 5.41) is 9.35. The SMILES string of the molecule is CCc1ccc(NC(=O)COC(=O)c2n[nH]c(=O)c3ccccc23)cc1. The number of fused-ring (bicyclic) bond motifs is 1. The Labute approximate surface area is 149 Å². The van der Waals surface area contributed by atoms with Gasteiger partial charge in [-0.15, -0.1) is 0 Å². The van der Waals surface area contributed by atoms with Gasteiger partial charge in [0.1, 0.15) is 0 Å². The van der Waals surface area contributed by atoms with E-state index in [1.54, 1.807) is 36.4 Å². The number of nitrogens with zero attached hydrogens (tertiary/aromatic N) is 1. The van der Waals surface area contributed by atoms with Crippen molar-refractivity contribution in [3.05, 3.63) is 70.1 Å². The van der Waals surface area contributed by atoms with Crippen molar-refractivity contribution in [2.24, 2.45) is 0 Å². The number of benzene rings is 2. The average Bonchev–Trinajstić information content (AvgIpc) is 2.67. The minimum absolute atomic E-state index is 0.0414. The lowest BCUT2D eigenvalue weighted by atomic mass is 10.1. The molecule has 1 aromatic heterocycles. The molecule has 3 aromatic rings. The average molecular weight is 351 g/mol. The molecule has 0 bridgehead atoms. The second-order valence-electron chi connectivity index (χ2n) is 5.62. The van der Waals surface area contributed by atoms with E-state index in [4.69, 9.17) is 4.74 Å². The number of aromatic nitrogens is 2. The lowest BCUT2D eigenvalue weighted by molar-refractivity contribution is -0.119. The van der Waals surface area contributed by atoms with Gasteiger partial charge in [-0.1, -0.05) is 37.3 Å². The summed E-state index contributed by atoms with van der Waals surface area (Å²) in [5.74, 6) is -1.25. The number of carbonyl (C=O) groups excluding carboxylic acids is 2. The van der Waals surface area contributed by atoms with E-state index in [9.17, 15) is 14.4 Å². The van der Waals surface area contributed by atoms with Crippen LogP contribution in [0.4, 0.5) is 5.69 Å². The van der Waals surface area contributed by atoms with Crippen molar-refractivity contribution in [1.82, 2.24) is 10.2 Å². The predicted octanol–water partition coefficient (Wildman–Crippen LogP) is 2.28. The predicted molar refractivity (Wildman–Crippen MR) is 97.1 cm³/mol. The standard InChI is InChI=1S/C19H17N3O4/c1-2-12-7-9-13(10-8-12)20-16(23)11-26-19(25)17-14-5-3-4-6-15(14)18(24)22-21-17/h3-10H,2,11H2,1H3,(H,20,23)(H,22,24). The van der Waals surface area contributed by atoms with Crippen molar-refractivity contribution in [2.75, 3.05) is 11.9 Å². The van der Waals surface area contributed by atoms with E-state index in [0.29, 0.717) is 16.5 Å². The number of carbonyl (C=O) groups is 2. The first-order chi connectivity index (χ1) is 12.6. The Morgan fingerprint density at radius 1 is 1.08 bits per heavy atom. The summed E-state index contributed by atoms with van der Waals surface area (Å²) in [5.41, 5.74) is 1.34. The molecule has 1 amide bonds. The van der Waals surface area contributed by atoms with Crippen LogP contribution in [0.2, 0.25) is 0 Å². The number of H-pyrrole nitrogens is 1. The van der Waals surface area contributed by atoms with Crippen molar-refractivity contribution in [3.8, 4) is 0 Å². The molecule has 0 unspecified atom stereocenters. The Morgan fingerprint density at radius 2 is 1.77 bits per heavy atom. The minimum Gasteiger partial charge on any atom is -0.451 e. The first kappa shape index (κ1) is 17.3. The van der Waals surface area contributed by atoms with Gasteiger partial charge in [0.2, 0.25) is 0 Å². The lowest BCUT2D eigenvalue weighted by Gasteiger charge is -2.08. The molecular formula is C19H17N3O4. The van der Waals surface area contributed by atoms with Crippen LogP contribution in [-0.4, -0.2) is 28.7 Å². The summed E-state index contributed by atoms with van der Waals surface area (Å²) < 4.78 is 5.02. The van der Waals surface area contributed by atoms with Crippen LogP contribution in [0.15, 0.2) is 53.3 Å². The summed E-state index contributed by atoms with van der Waals surface area (Å²) in [6.07, 6.45) is 0.909. The molecule has 132 valence electrons. The second-order valence-corrected chi connectivity index (χ2v) is 5.62. The molecule has 0 atom stereocenters. The maximum atomic E-state index is 12.2. The summed E-state index contributed by atoms with van der Waals surface area (Å²) in [7, 11) is 0. The van der Waals surface area contributed by atoms with Crippen LogP contribution >= 0.6 is 0 Å². The Balaban J connectivity index is 1.66. The van der Waals surface area contributed by atoms with E-state index >= 15 is 0 Å². The van der Waals surface area contributed by atoms with Gasteiger partial charge in [0.05, 0.1) is 5.39 Å². The Kier molecular flexibility index (Phi) is 5.07. The molecule has 7 heteroatoms. The molecular weight excluding hydrogens is 334 g/mol. The van der Waals surface area contributed by atoms with E-state index in [1.165, 1.54) is 0 Å². The third kappa shape index (κ3) is 3.77. The highest BCUT2D eigenvalue weighted by Gasteiger charge is 2.16. The zero-order valence-electron chi connectivity index (χ0n) is 14.1. The van der Waals surface area contributed by atoms with Gasteiger partial charge in [-0.25, -0.2) is 9.89 Å². The number of hydrogen-bond donors (Lipinski definition) is 2. The molecule has 0 aliphatic rings. The molecule has 0 spiro atoms. The van der Waals surface area contributed by atoms with Crippen LogP contribution in [-0.2, 0) is 16.0 Å². The monoisotopic (exact) mass is 351 g/mol. The topological polar surface area (TPSA) is 101 Å². The minimum atomic E-state index is -0.783. The quantitative estimate of drug-likeness (QED) is 0.687. The molecule has 3 rings (SSSR count).